The van der Waals surface area contributed by atoms with Gasteiger partial charge in [0.25, 0.3) is 0 Å². The number of benzene rings is 1. The lowest BCUT2D eigenvalue weighted by Gasteiger charge is -2.32. The zero-order chi connectivity index (χ0) is 30.9. The molecule has 0 radical (unpaired) electrons. The fraction of sp³-hybridized carbons (Fsp3) is 0.472. The summed E-state index contributed by atoms with van der Waals surface area (Å²) in [6.07, 6.45) is 17.0. The summed E-state index contributed by atoms with van der Waals surface area (Å²) in [6, 6.07) is 10.7. The Morgan fingerprint density at radius 3 is 2.29 bits per heavy atom. The molecule has 0 amide bonds. The van der Waals surface area contributed by atoms with Gasteiger partial charge in [0.1, 0.15) is 5.82 Å². The minimum Gasteiger partial charge on any atom is -0.398 e. The predicted molar refractivity (Wildman–Crippen MR) is 182 cm³/mol. The van der Waals surface area contributed by atoms with Crippen LogP contribution in [-0.2, 0) is 11.2 Å². The Balaban J connectivity index is 0.00000135. The molecule has 1 aromatic rings. The molecular formula is C36H58N4O. The van der Waals surface area contributed by atoms with Crippen molar-refractivity contribution in [1.82, 2.24) is 9.80 Å². The molecule has 0 spiro atoms. The minimum absolute atomic E-state index is 0.273. The van der Waals surface area contributed by atoms with E-state index >= 15 is 0 Å². The highest BCUT2D eigenvalue weighted by Gasteiger charge is 2.17. The van der Waals surface area contributed by atoms with Crippen molar-refractivity contribution in [2.45, 2.75) is 73.8 Å². The van der Waals surface area contributed by atoms with Crippen LogP contribution in [0.2, 0.25) is 0 Å². The monoisotopic (exact) mass is 562 g/mol. The first-order valence-corrected chi connectivity index (χ1v) is 15.3. The molecule has 1 aliphatic heterocycles. The molecule has 0 aliphatic carbocycles. The van der Waals surface area contributed by atoms with E-state index in [4.69, 9.17) is 15.5 Å². The molecule has 1 aliphatic rings. The molecule has 5 heteroatoms. The Hall–Kier alpha value is -3.15. The Morgan fingerprint density at radius 2 is 1.78 bits per heavy atom. The van der Waals surface area contributed by atoms with Gasteiger partial charge < -0.3 is 15.4 Å². The average molecular weight is 563 g/mol. The molecule has 1 atom stereocenters. The van der Waals surface area contributed by atoms with E-state index in [1.54, 1.807) is 6.08 Å². The third-order valence-electron chi connectivity index (χ3n) is 6.32. The lowest BCUT2D eigenvalue weighted by Crippen LogP contribution is -2.38. The maximum Gasteiger partial charge on any atom is 0.126 e. The number of hydrogen-bond donors (Lipinski definition) is 1. The highest BCUT2D eigenvalue weighted by molar-refractivity contribution is 5.94. The van der Waals surface area contributed by atoms with E-state index in [9.17, 15) is 0 Å². The highest BCUT2D eigenvalue weighted by atomic mass is 16.5. The summed E-state index contributed by atoms with van der Waals surface area (Å²) in [5, 5.41) is 0. The maximum atomic E-state index is 6.33. The van der Waals surface area contributed by atoms with E-state index in [0.717, 1.165) is 75.8 Å². The molecule has 1 heterocycles. The molecule has 2 rings (SSSR count). The van der Waals surface area contributed by atoms with Gasteiger partial charge in [0.05, 0.1) is 13.2 Å². The van der Waals surface area contributed by atoms with Crippen LogP contribution in [0.1, 0.15) is 66.9 Å². The number of nitrogens with two attached hydrogens (primary N) is 1. The molecule has 1 fully saturated rings. The van der Waals surface area contributed by atoms with Crippen molar-refractivity contribution < 1.29 is 4.74 Å². The van der Waals surface area contributed by atoms with Gasteiger partial charge in [-0.15, -0.1) is 6.58 Å². The largest absolute Gasteiger partial charge is 0.398 e. The molecule has 1 unspecified atom stereocenters. The Labute approximate surface area is 252 Å². The van der Waals surface area contributed by atoms with Gasteiger partial charge in [0, 0.05) is 37.1 Å². The molecule has 0 bridgehead atoms. The van der Waals surface area contributed by atoms with Crippen LogP contribution in [0.15, 0.2) is 108 Å². The zero-order valence-corrected chi connectivity index (χ0v) is 27.1. The minimum atomic E-state index is 0.273. The highest BCUT2D eigenvalue weighted by Crippen LogP contribution is 2.15. The number of morpholine rings is 1. The topological polar surface area (TPSA) is 54.1 Å². The maximum absolute atomic E-state index is 6.33. The number of ether oxygens (including phenoxy) is 1. The second-order valence-corrected chi connectivity index (χ2v) is 9.53. The SMILES string of the molecule is C=C/C=C(\C=C/C)C(/N)=C/C(C)=N/C(=C\C(C)N(CCC)CCC=C)N1CCOCC1.CC.CCc1ccccc1. The normalized spacial score (nSPS) is 15.6. The Morgan fingerprint density at radius 1 is 1.12 bits per heavy atom. The van der Waals surface area contributed by atoms with Crippen LogP contribution in [0.4, 0.5) is 0 Å². The number of rotatable bonds is 14. The third kappa shape index (κ3) is 16.6. The molecular weight excluding hydrogens is 504 g/mol. The molecule has 1 saturated heterocycles. The first-order chi connectivity index (χ1) is 19.9. The van der Waals surface area contributed by atoms with Crippen molar-refractivity contribution in [2.75, 3.05) is 39.4 Å². The second-order valence-electron chi connectivity index (χ2n) is 9.53. The fourth-order valence-electron chi connectivity index (χ4n) is 4.18. The van der Waals surface area contributed by atoms with Crippen LogP contribution < -0.4 is 5.73 Å². The van der Waals surface area contributed by atoms with Gasteiger partial charge in [-0.2, -0.15) is 0 Å². The summed E-state index contributed by atoms with van der Waals surface area (Å²) in [4.78, 5) is 9.76. The lowest BCUT2D eigenvalue weighted by molar-refractivity contribution is 0.0526. The average Bonchev–Trinajstić information content (AvgIpc) is 3.00. The molecule has 2 N–H and O–H groups in total. The van der Waals surface area contributed by atoms with Gasteiger partial charge in [0.2, 0.25) is 0 Å². The van der Waals surface area contributed by atoms with Crippen molar-refractivity contribution in [3.05, 3.63) is 109 Å². The van der Waals surface area contributed by atoms with Gasteiger partial charge in [-0.3, -0.25) is 4.90 Å². The third-order valence-corrected chi connectivity index (χ3v) is 6.32. The van der Waals surface area contributed by atoms with Crippen LogP contribution in [0, 0.1) is 0 Å². The summed E-state index contributed by atoms with van der Waals surface area (Å²) in [5.41, 5.74) is 10.2. The number of aliphatic imine (C=N–C) groups is 1. The van der Waals surface area contributed by atoms with Gasteiger partial charge >= 0.3 is 0 Å². The van der Waals surface area contributed by atoms with Crippen molar-refractivity contribution in [3.63, 3.8) is 0 Å². The van der Waals surface area contributed by atoms with E-state index in [1.807, 2.05) is 64.1 Å². The number of allylic oxidation sites excluding steroid dienone is 5. The molecule has 0 aromatic heterocycles. The fourth-order valence-corrected chi connectivity index (χ4v) is 4.18. The van der Waals surface area contributed by atoms with E-state index in [1.165, 1.54) is 5.56 Å². The Bertz CT molecular complexity index is 982. The first-order valence-electron chi connectivity index (χ1n) is 15.3. The van der Waals surface area contributed by atoms with Crippen LogP contribution in [-0.4, -0.2) is 60.9 Å². The van der Waals surface area contributed by atoms with E-state index in [-0.39, 0.29) is 6.04 Å². The zero-order valence-electron chi connectivity index (χ0n) is 27.1. The first kappa shape index (κ1) is 37.9. The van der Waals surface area contributed by atoms with E-state index < -0.39 is 0 Å². The van der Waals surface area contributed by atoms with Gasteiger partial charge in [0.15, 0.2) is 0 Å². The molecule has 228 valence electrons. The molecule has 5 nitrogen and oxygen atoms in total. The molecule has 0 saturated carbocycles. The van der Waals surface area contributed by atoms with Crippen LogP contribution >= 0.6 is 0 Å². The van der Waals surface area contributed by atoms with Gasteiger partial charge in [-0.25, -0.2) is 4.99 Å². The smallest absolute Gasteiger partial charge is 0.126 e. The van der Waals surface area contributed by atoms with Gasteiger partial charge in [-0.1, -0.05) is 95.0 Å². The van der Waals surface area contributed by atoms with E-state index in [0.29, 0.717) is 5.70 Å². The van der Waals surface area contributed by atoms with Crippen molar-refractivity contribution in [3.8, 4) is 0 Å². The molecule has 1 aromatic carbocycles. The summed E-state index contributed by atoms with van der Waals surface area (Å²) >= 11 is 0. The predicted octanol–water partition coefficient (Wildman–Crippen LogP) is 8.10. The van der Waals surface area contributed by atoms with Crippen molar-refractivity contribution in [2.24, 2.45) is 10.7 Å². The van der Waals surface area contributed by atoms with Crippen LogP contribution in [0.25, 0.3) is 0 Å². The Kier molecular flexibility index (Phi) is 22.7. The number of aryl methyl sites for hydroxylation is 1. The summed E-state index contributed by atoms with van der Waals surface area (Å²) < 4.78 is 5.55. The summed E-state index contributed by atoms with van der Waals surface area (Å²) in [7, 11) is 0. The number of nitrogens with zero attached hydrogens (tertiary/aromatic N) is 3. The quantitative estimate of drug-likeness (QED) is 0.141. The van der Waals surface area contributed by atoms with Gasteiger partial charge in [-0.05, 0) is 69.9 Å². The number of hydrogen-bond acceptors (Lipinski definition) is 5. The van der Waals surface area contributed by atoms with Crippen LogP contribution in [0.3, 0.4) is 0 Å². The summed E-state index contributed by atoms with van der Waals surface area (Å²) in [5.74, 6) is 0.984. The second kappa shape index (κ2) is 24.6. The standard InChI is InChI=1S/C26H42N4O.C8H10.C2H6/c1-7-11-15-29(14-10-4)23(6)21-26(30-16-18-31-19-17-30)28-22(5)20-25(27)24(12-8-2)13-9-3;1-2-8-6-4-3-5-7-8;1-2/h7-9,12-13,20-21,23H,1-2,10-11,14-19,27H2,3-6H3;3-7H,2H2,1H3;1-2H3/b13-9-,24-12+,25-20-,26-21+,28-22+;;. The van der Waals surface area contributed by atoms with Crippen LogP contribution in [0.5, 0.6) is 0 Å². The van der Waals surface area contributed by atoms with E-state index in [2.05, 4.69) is 74.1 Å². The molecule has 41 heavy (non-hydrogen) atoms. The van der Waals surface area contributed by atoms with Crippen molar-refractivity contribution in [1.29, 1.82) is 0 Å². The lowest BCUT2D eigenvalue weighted by atomic mass is 10.1. The van der Waals surface area contributed by atoms with Crippen molar-refractivity contribution >= 4 is 5.71 Å². The summed E-state index contributed by atoms with van der Waals surface area (Å²) in [6.45, 7) is 27.4.